The lowest BCUT2D eigenvalue weighted by Gasteiger charge is -2.42. The average molecular weight is 713 g/mol. The number of carbonyl (C=O) groups is 1. The molecular formula is C41H64N2O4S2. The minimum Gasteiger partial charge on any atom is -0.507 e. The largest absolute Gasteiger partial charge is 0.507 e. The average Bonchev–Trinajstić information content (AvgIpc) is 3.42. The molecule has 49 heavy (non-hydrogen) atoms. The van der Waals surface area contributed by atoms with E-state index < -0.39 is 0 Å². The van der Waals surface area contributed by atoms with Gasteiger partial charge in [-0.15, -0.1) is 23.5 Å². The summed E-state index contributed by atoms with van der Waals surface area (Å²) in [7, 11) is 1.78. The second-order valence-corrected chi connectivity index (χ2v) is 21.5. The van der Waals surface area contributed by atoms with Crippen LogP contribution < -0.4 is 4.74 Å². The number of benzene rings is 2. The Bertz CT molecular complexity index is 1410. The van der Waals surface area contributed by atoms with Crippen molar-refractivity contribution < 1.29 is 19.7 Å². The third-order valence-corrected chi connectivity index (χ3v) is 13.1. The Labute approximate surface area is 306 Å². The molecule has 274 valence electrons. The number of carbonyl (C=O) groups excluding carboxylic acids is 1. The highest BCUT2D eigenvalue weighted by Gasteiger charge is 2.41. The number of thioether (sulfide) groups is 2. The summed E-state index contributed by atoms with van der Waals surface area (Å²) in [5, 5.41) is 21.4. The van der Waals surface area contributed by atoms with E-state index in [1.807, 2.05) is 28.4 Å². The second kappa shape index (κ2) is 14.6. The molecule has 2 aromatic rings. The quantitative estimate of drug-likeness (QED) is 0.265. The van der Waals surface area contributed by atoms with Gasteiger partial charge in [-0.1, -0.05) is 83.1 Å². The van der Waals surface area contributed by atoms with Crippen molar-refractivity contribution in [3.63, 3.8) is 0 Å². The van der Waals surface area contributed by atoms with Gasteiger partial charge in [-0.25, -0.2) is 0 Å². The molecule has 0 unspecified atom stereocenters. The van der Waals surface area contributed by atoms with E-state index in [0.717, 1.165) is 54.0 Å². The van der Waals surface area contributed by atoms with Crippen molar-refractivity contribution in [2.45, 2.75) is 150 Å². The second-order valence-electron chi connectivity index (χ2n) is 18.4. The van der Waals surface area contributed by atoms with Gasteiger partial charge >= 0.3 is 0 Å². The summed E-state index contributed by atoms with van der Waals surface area (Å²) in [6, 6.07) is 9.16. The molecule has 1 atom stereocenters. The number of ether oxygens (including phenoxy) is 1. The number of aliphatic hydroxyl groups excluding tert-OH is 1. The third kappa shape index (κ3) is 9.33. The maximum absolute atomic E-state index is 13.6. The molecule has 0 spiro atoms. The highest BCUT2D eigenvalue weighted by Crippen LogP contribution is 2.55. The third-order valence-electron chi connectivity index (χ3n) is 10.1. The molecule has 1 amide bonds. The lowest BCUT2D eigenvalue weighted by molar-refractivity contribution is -0.133. The van der Waals surface area contributed by atoms with Gasteiger partial charge < -0.3 is 19.8 Å². The maximum atomic E-state index is 13.6. The Morgan fingerprint density at radius 2 is 1.20 bits per heavy atom. The first-order chi connectivity index (χ1) is 22.5. The SMILES string of the molecule is COc1c(C(C)(C)C)cc(SC2(Sc3cc(C(C)(C)C)c(O)c(C(C)(C)C)c3)CCN(C(=O)CN3CCC[C@H]3CO)CC2)cc1C(C)(C)C. The molecule has 2 N–H and O–H groups in total. The summed E-state index contributed by atoms with van der Waals surface area (Å²) in [6.07, 6.45) is 3.64. The minimum absolute atomic E-state index is 0.0894. The number of piperidine rings is 1. The predicted molar refractivity (Wildman–Crippen MR) is 208 cm³/mol. The monoisotopic (exact) mass is 712 g/mol. The molecule has 2 fully saturated rings. The Morgan fingerprint density at radius 3 is 1.59 bits per heavy atom. The number of hydrogen-bond acceptors (Lipinski definition) is 7. The normalized spacial score (nSPS) is 19.4. The molecule has 0 bridgehead atoms. The Balaban J connectivity index is 1.78. The fourth-order valence-corrected chi connectivity index (χ4v) is 10.2. The molecule has 0 aliphatic carbocycles. The number of aromatic hydroxyl groups is 1. The number of phenols is 1. The van der Waals surface area contributed by atoms with Crippen LogP contribution in [0.2, 0.25) is 0 Å². The number of likely N-dealkylation sites (tertiary alicyclic amines) is 2. The van der Waals surface area contributed by atoms with Crippen LogP contribution in [0.1, 0.15) is 131 Å². The highest BCUT2D eigenvalue weighted by molar-refractivity contribution is 8.18. The van der Waals surface area contributed by atoms with Gasteiger partial charge in [0.15, 0.2) is 0 Å². The van der Waals surface area contributed by atoms with Gasteiger partial charge in [0.05, 0.1) is 24.3 Å². The molecule has 2 saturated heterocycles. The van der Waals surface area contributed by atoms with Gasteiger partial charge in [0, 0.05) is 51.2 Å². The summed E-state index contributed by atoms with van der Waals surface area (Å²) in [6.45, 7) is 29.2. The van der Waals surface area contributed by atoms with Crippen LogP contribution >= 0.6 is 23.5 Å². The molecule has 6 nitrogen and oxygen atoms in total. The van der Waals surface area contributed by atoms with Crippen LogP contribution in [-0.4, -0.2) is 75.9 Å². The number of aliphatic hydroxyl groups is 1. The van der Waals surface area contributed by atoms with E-state index >= 15 is 0 Å². The lowest BCUT2D eigenvalue weighted by Crippen LogP contribution is -2.48. The van der Waals surface area contributed by atoms with Crippen LogP contribution in [0.5, 0.6) is 11.5 Å². The minimum atomic E-state index is -0.238. The first-order valence-corrected chi connectivity index (χ1v) is 19.7. The van der Waals surface area contributed by atoms with Crippen LogP contribution in [0.4, 0.5) is 0 Å². The number of hydrogen-bond donors (Lipinski definition) is 2. The molecule has 2 aliphatic rings. The number of methoxy groups -OCH3 is 1. The van der Waals surface area contributed by atoms with Crippen molar-refractivity contribution in [2.75, 3.05) is 39.9 Å². The molecule has 2 heterocycles. The van der Waals surface area contributed by atoms with Crippen molar-refractivity contribution in [1.29, 1.82) is 0 Å². The van der Waals surface area contributed by atoms with E-state index in [1.54, 1.807) is 7.11 Å². The van der Waals surface area contributed by atoms with E-state index in [4.69, 9.17) is 4.74 Å². The first-order valence-electron chi connectivity index (χ1n) is 18.1. The number of phenolic OH excluding ortho intramolecular Hbond substituents is 1. The Morgan fingerprint density at radius 1 is 0.776 bits per heavy atom. The van der Waals surface area contributed by atoms with E-state index in [9.17, 15) is 15.0 Å². The lowest BCUT2D eigenvalue weighted by atomic mass is 9.79. The molecule has 4 rings (SSSR count). The van der Waals surface area contributed by atoms with Gasteiger partial charge in [-0.3, -0.25) is 9.69 Å². The zero-order chi connectivity index (χ0) is 36.7. The number of rotatable bonds is 8. The van der Waals surface area contributed by atoms with Crippen molar-refractivity contribution >= 4 is 29.4 Å². The van der Waals surface area contributed by atoms with Crippen LogP contribution in [0, 0.1) is 0 Å². The molecule has 0 saturated carbocycles. The molecule has 0 radical (unpaired) electrons. The van der Waals surface area contributed by atoms with E-state index in [2.05, 4.69) is 112 Å². The van der Waals surface area contributed by atoms with Crippen LogP contribution in [0.15, 0.2) is 34.1 Å². The van der Waals surface area contributed by atoms with Crippen molar-refractivity contribution in [1.82, 2.24) is 9.80 Å². The summed E-state index contributed by atoms with van der Waals surface area (Å²) >= 11 is 3.83. The molecule has 2 aromatic carbocycles. The molecule has 2 aliphatic heterocycles. The van der Waals surface area contributed by atoms with Gasteiger partial charge in [-0.05, 0) is 78.2 Å². The van der Waals surface area contributed by atoms with E-state index in [1.165, 1.54) is 16.0 Å². The summed E-state index contributed by atoms with van der Waals surface area (Å²) < 4.78 is 5.87. The van der Waals surface area contributed by atoms with Crippen molar-refractivity contribution in [3.8, 4) is 11.5 Å². The fraction of sp³-hybridized carbons (Fsp3) is 0.683. The number of nitrogens with zero attached hydrogens (tertiary/aromatic N) is 2. The zero-order valence-electron chi connectivity index (χ0n) is 32.7. The van der Waals surface area contributed by atoms with Gasteiger partial charge in [-0.2, -0.15) is 0 Å². The highest BCUT2D eigenvalue weighted by atomic mass is 32.2. The van der Waals surface area contributed by atoms with Crippen LogP contribution in [0.25, 0.3) is 0 Å². The van der Waals surface area contributed by atoms with Crippen LogP contribution in [-0.2, 0) is 26.5 Å². The smallest absolute Gasteiger partial charge is 0.236 e. The predicted octanol–water partition coefficient (Wildman–Crippen LogP) is 9.25. The Hall–Kier alpha value is -1.87. The van der Waals surface area contributed by atoms with Gasteiger partial charge in [0.2, 0.25) is 5.91 Å². The summed E-state index contributed by atoms with van der Waals surface area (Å²) in [4.78, 5) is 20.2. The van der Waals surface area contributed by atoms with Crippen molar-refractivity contribution in [2.24, 2.45) is 0 Å². The topological polar surface area (TPSA) is 73.2 Å². The van der Waals surface area contributed by atoms with Gasteiger partial charge in [0.1, 0.15) is 11.5 Å². The van der Waals surface area contributed by atoms with Crippen LogP contribution in [0.3, 0.4) is 0 Å². The summed E-state index contributed by atoms with van der Waals surface area (Å²) in [5.41, 5.74) is 3.67. The zero-order valence-corrected chi connectivity index (χ0v) is 34.3. The van der Waals surface area contributed by atoms with Crippen molar-refractivity contribution in [3.05, 3.63) is 46.5 Å². The Kier molecular flexibility index (Phi) is 11.9. The standard InChI is InChI=1S/C41H64N2O4S2/c1-37(2,3)30-21-28(22-31(35(30)46)38(4,5)6)48-41(16-19-42(20-17-41)34(45)25-43-18-14-15-27(43)26-44)49-29-23-32(39(7,8)9)36(47-13)33(24-29)40(10,11)12/h21-24,27,44,46H,14-20,25-26H2,1-13H3/t27-/m0/s1. The summed E-state index contributed by atoms with van der Waals surface area (Å²) in [5.74, 6) is 1.53. The molecule has 0 aromatic heterocycles. The first kappa shape index (κ1) is 39.9. The number of amides is 1. The maximum Gasteiger partial charge on any atom is 0.236 e. The molecular weight excluding hydrogens is 649 g/mol. The van der Waals surface area contributed by atoms with Gasteiger partial charge in [0.25, 0.3) is 0 Å². The molecule has 8 heteroatoms. The van der Waals surface area contributed by atoms with E-state index in [0.29, 0.717) is 25.4 Å². The fourth-order valence-electron chi connectivity index (χ4n) is 7.14. The van der Waals surface area contributed by atoms with E-state index in [-0.39, 0.29) is 44.3 Å².